The van der Waals surface area contributed by atoms with Crippen LogP contribution >= 0.6 is 0 Å². The molecular weight excluding hydrogens is 955 g/mol. The van der Waals surface area contributed by atoms with Gasteiger partial charge in [0.25, 0.3) is 0 Å². The van der Waals surface area contributed by atoms with E-state index in [4.69, 9.17) is 13.1 Å². The first kappa shape index (κ1) is 49.7. The van der Waals surface area contributed by atoms with Crippen LogP contribution in [0.2, 0.25) is 0 Å². The van der Waals surface area contributed by atoms with E-state index in [-0.39, 0.29) is 0 Å². The first-order valence-electron chi connectivity index (χ1n) is 24.5. The number of pyridine rings is 3. The molecule has 0 saturated heterocycles. The van der Waals surface area contributed by atoms with E-state index in [1.54, 1.807) is 73.2 Å². The van der Waals surface area contributed by atoms with Gasteiger partial charge in [-0.2, -0.15) is 21.0 Å². The lowest BCUT2D eigenvalue weighted by Gasteiger charge is -2.12. The van der Waals surface area contributed by atoms with Crippen LogP contribution in [0, 0.1) is 58.5 Å². The Morgan fingerprint density at radius 3 is 0.936 bits per heavy atom. The number of nitrogens with zero attached hydrogens (tertiary/aromatic N) is 9. The van der Waals surface area contributed by atoms with Crippen LogP contribution in [0.3, 0.4) is 0 Å². The van der Waals surface area contributed by atoms with Crippen molar-refractivity contribution in [2.75, 3.05) is 0 Å². The molecule has 7 aromatic carbocycles. The minimum atomic E-state index is 0.357. The van der Waals surface area contributed by atoms with Gasteiger partial charge in [0, 0.05) is 46.4 Å². The van der Waals surface area contributed by atoms with Crippen LogP contribution in [0.1, 0.15) is 55.6 Å². The molecule has 0 amide bonds. The quantitative estimate of drug-likeness (QED) is 0.0876. The zero-order chi connectivity index (χ0) is 53.8. The molecule has 0 spiro atoms. The third-order valence-electron chi connectivity index (χ3n) is 12.9. The molecule has 0 bridgehead atoms. The average molecular weight is 994 g/mol. The van der Waals surface area contributed by atoms with Gasteiger partial charge >= 0.3 is 0 Å². The summed E-state index contributed by atoms with van der Waals surface area (Å²) in [5, 5.41) is 39.9. The zero-order valence-corrected chi connectivity index (χ0v) is 41.5. The Hall–Kier alpha value is -11.9. The predicted molar refractivity (Wildman–Crippen MR) is 310 cm³/mol. The smallest absolute Gasteiger partial charge is 0.189 e. The van der Waals surface area contributed by atoms with Gasteiger partial charge in [-0.15, -0.1) is 0 Å². The highest BCUT2D eigenvalue weighted by molar-refractivity contribution is 5.90. The van der Waals surface area contributed by atoms with Crippen LogP contribution in [-0.2, 0) is 0 Å². The van der Waals surface area contributed by atoms with E-state index in [1.165, 1.54) is 0 Å². The molecular formula is C69H39N9. The van der Waals surface area contributed by atoms with E-state index in [2.05, 4.69) is 67.1 Å². The maximum Gasteiger partial charge on any atom is 0.189 e. The van der Waals surface area contributed by atoms with Crippen molar-refractivity contribution in [1.29, 1.82) is 21.0 Å². The molecule has 78 heavy (non-hydrogen) atoms. The lowest BCUT2D eigenvalue weighted by atomic mass is 9.92. The Balaban J connectivity index is 1.12. The van der Waals surface area contributed by atoms with E-state index in [1.807, 2.05) is 146 Å². The van der Waals surface area contributed by atoms with Crippen molar-refractivity contribution in [3.63, 3.8) is 0 Å². The number of hydrogen-bond donors (Lipinski definition) is 0. The average Bonchev–Trinajstić information content (AvgIpc) is 3.53. The fourth-order valence-electron chi connectivity index (χ4n) is 9.19. The SMILES string of the molecule is [C-]#[N+]c1cc(C#N)cc(-c2cc(-c3ccccn3)ccc2C=Cc2cc(/C=C\c3ccc(-c4ccccn4)cc3-c3cc(C#N)cc(C#N)c3)cc(/C=C\c3ccc(-c4ccccn4)cc3-c3cc(C#N)cc([N+]#[C-])c3)c2)c1. The summed E-state index contributed by atoms with van der Waals surface area (Å²) in [6, 6.07) is 66.0. The molecule has 0 N–H and O–H groups in total. The molecule has 3 heterocycles. The summed E-state index contributed by atoms with van der Waals surface area (Å²) < 4.78 is 0. The maximum absolute atomic E-state index is 9.98. The largest absolute Gasteiger partial charge is 0.256 e. The predicted octanol–water partition coefficient (Wildman–Crippen LogP) is 17.0. The van der Waals surface area contributed by atoms with Crippen molar-refractivity contribution in [2.24, 2.45) is 0 Å². The van der Waals surface area contributed by atoms with Gasteiger partial charge in [0.2, 0.25) is 0 Å². The van der Waals surface area contributed by atoms with Gasteiger partial charge in [-0.05, 0) is 194 Å². The number of hydrogen-bond acceptors (Lipinski definition) is 7. The highest BCUT2D eigenvalue weighted by atomic mass is 14.7. The highest BCUT2D eigenvalue weighted by Gasteiger charge is 2.14. The van der Waals surface area contributed by atoms with Gasteiger partial charge in [0.15, 0.2) is 11.4 Å². The number of nitriles is 4. The van der Waals surface area contributed by atoms with Crippen LogP contribution in [0.5, 0.6) is 0 Å². The molecule has 0 saturated carbocycles. The van der Waals surface area contributed by atoms with Crippen LogP contribution in [0.25, 0.3) is 113 Å². The molecule has 0 atom stereocenters. The Morgan fingerprint density at radius 1 is 0.321 bits per heavy atom. The molecule has 0 fully saturated rings. The molecule has 360 valence electrons. The van der Waals surface area contributed by atoms with Crippen LogP contribution < -0.4 is 0 Å². The number of benzene rings is 7. The summed E-state index contributed by atoms with van der Waals surface area (Å²) in [6.45, 7) is 15.6. The molecule has 10 rings (SSSR count). The van der Waals surface area contributed by atoms with Gasteiger partial charge in [0.05, 0.1) is 65.6 Å². The molecule has 0 aliphatic carbocycles. The molecule has 0 aliphatic heterocycles. The zero-order valence-electron chi connectivity index (χ0n) is 41.5. The number of aromatic nitrogens is 3. The lowest BCUT2D eigenvalue weighted by molar-refractivity contribution is 1.33. The minimum absolute atomic E-state index is 0.357. The van der Waals surface area contributed by atoms with Crippen LogP contribution in [0.15, 0.2) is 201 Å². The fourth-order valence-corrected chi connectivity index (χ4v) is 9.19. The fraction of sp³-hybridized carbons (Fsp3) is 0. The first-order valence-corrected chi connectivity index (χ1v) is 24.5. The molecule has 0 radical (unpaired) electrons. The molecule has 0 unspecified atom stereocenters. The van der Waals surface area contributed by atoms with Crippen molar-refractivity contribution >= 4 is 47.8 Å². The van der Waals surface area contributed by atoms with E-state index >= 15 is 0 Å². The Bertz CT molecular complexity index is 3770. The third kappa shape index (κ3) is 11.3. The summed E-state index contributed by atoms with van der Waals surface area (Å²) in [4.78, 5) is 21.1. The maximum atomic E-state index is 9.98. The Morgan fingerprint density at radius 2 is 0.641 bits per heavy atom. The third-order valence-corrected chi connectivity index (χ3v) is 12.9. The Kier molecular flexibility index (Phi) is 14.6. The molecule has 0 aliphatic rings. The number of rotatable bonds is 12. The van der Waals surface area contributed by atoms with E-state index in [9.17, 15) is 21.0 Å². The topological polar surface area (TPSA) is 143 Å². The van der Waals surface area contributed by atoms with E-state index < -0.39 is 0 Å². The van der Waals surface area contributed by atoms with E-state index in [0.717, 1.165) is 95.0 Å². The van der Waals surface area contributed by atoms with Crippen LogP contribution in [-0.4, -0.2) is 15.0 Å². The van der Waals surface area contributed by atoms with Gasteiger partial charge in [0.1, 0.15) is 0 Å². The van der Waals surface area contributed by atoms with Crippen molar-refractivity contribution in [3.05, 3.63) is 279 Å². The second kappa shape index (κ2) is 22.9. The van der Waals surface area contributed by atoms with Gasteiger partial charge in [-0.3, -0.25) is 15.0 Å². The summed E-state index contributed by atoms with van der Waals surface area (Å²) >= 11 is 0. The summed E-state index contributed by atoms with van der Waals surface area (Å²) in [7, 11) is 0. The second-order valence-electron chi connectivity index (χ2n) is 18.0. The first-order chi connectivity index (χ1) is 38.3. The molecule has 9 heteroatoms. The van der Waals surface area contributed by atoms with Gasteiger partial charge < -0.3 is 0 Å². The highest BCUT2D eigenvalue weighted by Crippen LogP contribution is 2.37. The summed E-state index contributed by atoms with van der Waals surface area (Å²) in [5.41, 5.74) is 16.9. The minimum Gasteiger partial charge on any atom is -0.256 e. The van der Waals surface area contributed by atoms with E-state index in [0.29, 0.717) is 39.2 Å². The van der Waals surface area contributed by atoms with Gasteiger partial charge in [-0.1, -0.05) is 91.1 Å². The molecule has 10 aromatic rings. The Labute approximate surface area is 452 Å². The van der Waals surface area contributed by atoms with Crippen molar-refractivity contribution < 1.29 is 0 Å². The molecule has 9 nitrogen and oxygen atoms in total. The van der Waals surface area contributed by atoms with Gasteiger partial charge in [-0.25, -0.2) is 9.69 Å². The standard InChI is InChI=1S/C69H39N9/c1-74-62-35-51(44-72)33-60(37-62)65-40-57(68-10-4-7-25-77-68)22-19-54(65)16-13-47-27-46(12-15-53-18-21-56(67-9-3-6-24-76-67)39-64(53)59-31-49(42-70)30-50(32-59)43-71)28-48(29-47)14-17-55-20-23-58(69-11-5-8-26-78-69)41-66(55)61-34-52(45-73)36-63(38-61)75-2/h3-41H/b15-12-,16-13-,17-14?. The van der Waals surface area contributed by atoms with Crippen molar-refractivity contribution in [1.82, 2.24) is 15.0 Å². The summed E-state index contributed by atoms with van der Waals surface area (Å²) in [5.74, 6) is 0. The van der Waals surface area contributed by atoms with Crippen LogP contribution in [0.4, 0.5) is 11.4 Å². The molecule has 3 aromatic heterocycles. The monoisotopic (exact) mass is 993 g/mol. The second-order valence-corrected chi connectivity index (χ2v) is 18.0. The summed E-state index contributed by atoms with van der Waals surface area (Å²) in [6.07, 6.45) is 17.4. The van der Waals surface area contributed by atoms with Crippen molar-refractivity contribution in [2.45, 2.75) is 0 Å². The lowest BCUT2D eigenvalue weighted by Crippen LogP contribution is -1.90. The van der Waals surface area contributed by atoms with Crippen molar-refractivity contribution in [3.8, 4) is 91.4 Å². The normalized spacial score (nSPS) is 10.8.